The SMILES string of the molecule is COc1ccc(C)cc1C(C)NC(CCO)C(C)(C)C. The van der Waals surface area contributed by atoms with Gasteiger partial charge in [0.2, 0.25) is 0 Å². The minimum Gasteiger partial charge on any atom is -0.496 e. The third-order valence-corrected chi connectivity index (χ3v) is 3.77. The van der Waals surface area contributed by atoms with Gasteiger partial charge < -0.3 is 15.2 Å². The van der Waals surface area contributed by atoms with Gasteiger partial charge in [-0.05, 0) is 31.7 Å². The van der Waals surface area contributed by atoms with E-state index >= 15 is 0 Å². The van der Waals surface area contributed by atoms with Gasteiger partial charge in [0, 0.05) is 24.3 Å². The van der Waals surface area contributed by atoms with E-state index in [1.165, 1.54) is 11.1 Å². The fourth-order valence-corrected chi connectivity index (χ4v) is 2.48. The minimum atomic E-state index is 0.105. The molecule has 3 nitrogen and oxygen atoms in total. The standard InChI is InChI=1S/C17H29NO2/c1-12-7-8-15(20-6)14(11-12)13(2)18-16(9-10-19)17(3,4)5/h7-8,11,13,16,18-19H,9-10H2,1-6H3. The molecule has 0 bridgehead atoms. The zero-order valence-electron chi connectivity index (χ0n) is 13.7. The van der Waals surface area contributed by atoms with Crippen LogP contribution in [-0.2, 0) is 0 Å². The lowest BCUT2D eigenvalue weighted by molar-refractivity contribution is 0.187. The van der Waals surface area contributed by atoms with Crippen molar-refractivity contribution in [2.75, 3.05) is 13.7 Å². The zero-order valence-corrected chi connectivity index (χ0v) is 13.7. The van der Waals surface area contributed by atoms with Crippen molar-refractivity contribution in [1.29, 1.82) is 0 Å². The highest BCUT2D eigenvalue weighted by Gasteiger charge is 2.26. The van der Waals surface area contributed by atoms with E-state index < -0.39 is 0 Å². The molecule has 0 saturated carbocycles. The van der Waals surface area contributed by atoms with Crippen LogP contribution in [0.1, 0.15) is 51.3 Å². The van der Waals surface area contributed by atoms with E-state index in [4.69, 9.17) is 4.74 Å². The molecule has 3 heteroatoms. The number of benzene rings is 1. The lowest BCUT2D eigenvalue weighted by atomic mass is 9.84. The summed E-state index contributed by atoms with van der Waals surface area (Å²) < 4.78 is 5.46. The Hall–Kier alpha value is -1.06. The third-order valence-electron chi connectivity index (χ3n) is 3.77. The van der Waals surface area contributed by atoms with Gasteiger partial charge in [0.1, 0.15) is 5.75 Å². The van der Waals surface area contributed by atoms with Crippen LogP contribution in [0.15, 0.2) is 18.2 Å². The van der Waals surface area contributed by atoms with Gasteiger partial charge in [-0.3, -0.25) is 0 Å². The Morgan fingerprint density at radius 2 is 1.95 bits per heavy atom. The van der Waals surface area contributed by atoms with Crippen molar-refractivity contribution in [3.8, 4) is 5.75 Å². The molecule has 2 unspecified atom stereocenters. The van der Waals surface area contributed by atoms with Crippen LogP contribution < -0.4 is 10.1 Å². The fourth-order valence-electron chi connectivity index (χ4n) is 2.48. The van der Waals surface area contributed by atoms with E-state index in [9.17, 15) is 5.11 Å². The van der Waals surface area contributed by atoms with Gasteiger partial charge in [-0.2, -0.15) is 0 Å². The van der Waals surface area contributed by atoms with Gasteiger partial charge in [-0.1, -0.05) is 38.5 Å². The van der Waals surface area contributed by atoms with Crippen LogP contribution in [0, 0.1) is 12.3 Å². The summed E-state index contributed by atoms with van der Waals surface area (Å²) in [5, 5.41) is 12.9. The summed E-state index contributed by atoms with van der Waals surface area (Å²) >= 11 is 0. The van der Waals surface area contributed by atoms with Crippen LogP contribution in [0.3, 0.4) is 0 Å². The number of nitrogens with one attached hydrogen (secondary N) is 1. The van der Waals surface area contributed by atoms with E-state index in [0.717, 1.165) is 12.2 Å². The smallest absolute Gasteiger partial charge is 0.123 e. The molecule has 0 aliphatic rings. The average molecular weight is 279 g/mol. The topological polar surface area (TPSA) is 41.5 Å². The highest BCUT2D eigenvalue weighted by Crippen LogP contribution is 2.29. The van der Waals surface area contributed by atoms with Crippen molar-refractivity contribution >= 4 is 0 Å². The van der Waals surface area contributed by atoms with E-state index in [0.29, 0.717) is 0 Å². The molecule has 0 fully saturated rings. The van der Waals surface area contributed by atoms with Crippen LogP contribution in [0.5, 0.6) is 5.75 Å². The second-order valence-electron chi connectivity index (χ2n) is 6.56. The Morgan fingerprint density at radius 1 is 1.30 bits per heavy atom. The molecule has 0 heterocycles. The number of methoxy groups -OCH3 is 1. The number of aryl methyl sites for hydroxylation is 1. The van der Waals surface area contributed by atoms with Crippen molar-refractivity contribution < 1.29 is 9.84 Å². The normalized spacial score (nSPS) is 14.9. The quantitative estimate of drug-likeness (QED) is 0.838. The molecular weight excluding hydrogens is 250 g/mol. The van der Waals surface area contributed by atoms with Gasteiger partial charge >= 0.3 is 0 Å². The number of aliphatic hydroxyl groups excluding tert-OH is 1. The predicted octanol–water partition coefficient (Wildman–Crippen LogP) is 3.45. The maximum absolute atomic E-state index is 9.26. The monoisotopic (exact) mass is 279 g/mol. The molecule has 1 aromatic rings. The summed E-state index contributed by atoms with van der Waals surface area (Å²) in [6.07, 6.45) is 0.752. The number of aliphatic hydroxyl groups is 1. The van der Waals surface area contributed by atoms with Gasteiger partial charge in [0.15, 0.2) is 0 Å². The van der Waals surface area contributed by atoms with E-state index in [-0.39, 0.29) is 24.1 Å². The maximum atomic E-state index is 9.26. The second kappa shape index (κ2) is 7.09. The largest absolute Gasteiger partial charge is 0.496 e. The van der Waals surface area contributed by atoms with Crippen molar-refractivity contribution in [3.05, 3.63) is 29.3 Å². The van der Waals surface area contributed by atoms with Crippen LogP contribution in [0.2, 0.25) is 0 Å². The van der Waals surface area contributed by atoms with Gasteiger partial charge in [-0.25, -0.2) is 0 Å². The first-order valence-corrected chi connectivity index (χ1v) is 7.31. The minimum absolute atomic E-state index is 0.105. The maximum Gasteiger partial charge on any atom is 0.123 e. The molecule has 0 saturated heterocycles. The van der Waals surface area contributed by atoms with Crippen LogP contribution >= 0.6 is 0 Å². The first kappa shape index (κ1) is 17.0. The zero-order chi connectivity index (χ0) is 15.3. The van der Waals surface area contributed by atoms with E-state index in [1.807, 2.05) is 6.07 Å². The Bertz CT molecular complexity index is 423. The molecular formula is C17H29NO2. The molecule has 2 atom stereocenters. The molecule has 0 spiro atoms. The summed E-state index contributed by atoms with van der Waals surface area (Å²) in [5.41, 5.74) is 2.50. The summed E-state index contributed by atoms with van der Waals surface area (Å²) in [4.78, 5) is 0. The van der Waals surface area contributed by atoms with Crippen LogP contribution in [0.4, 0.5) is 0 Å². The first-order valence-electron chi connectivity index (χ1n) is 7.31. The van der Waals surface area contributed by atoms with Gasteiger partial charge in [0.25, 0.3) is 0 Å². The fraction of sp³-hybridized carbons (Fsp3) is 0.647. The summed E-state index contributed by atoms with van der Waals surface area (Å²) in [6, 6.07) is 6.67. The number of rotatable bonds is 6. The van der Waals surface area contributed by atoms with Crippen LogP contribution in [0.25, 0.3) is 0 Å². The van der Waals surface area contributed by atoms with Crippen molar-refractivity contribution in [1.82, 2.24) is 5.32 Å². The molecule has 1 rings (SSSR count). The van der Waals surface area contributed by atoms with E-state index in [1.54, 1.807) is 7.11 Å². The predicted molar refractivity (Wildman–Crippen MR) is 84.2 cm³/mol. The summed E-state index contributed by atoms with van der Waals surface area (Å²) in [5.74, 6) is 0.909. The molecule has 1 aromatic carbocycles. The highest BCUT2D eigenvalue weighted by molar-refractivity contribution is 5.38. The Morgan fingerprint density at radius 3 is 2.45 bits per heavy atom. The van der Waals surface area contributed by atoms with Crippen molar-refractivity contribution in [2.24, 2.45) is 5.41 Å². The van der Waals surface area contributed by atoms with Crippen molar-refractivity contribution in [2.45, 2.75) is 53.1 Å². The Kier molecular flexibility index (Phi) is 6.03. The molecule has 0 aromatic heterocycles. The third kappa shape index (κ3) is 4.50. The van der Waals surface area contributed by atoms with Crippen molar-refractivity contribution in [3.63, 3.8) is 0 Å². The number of hydrogen-bond donors (Lipinski definition) is 2. The number of ether oxygens (including phenoxy) is 1. The van der Waals surface area contributed by atoms with Gasteiger partial charge in [0.05, 0.1) is 7.11 Å². The molecule has 0 radical (unpaired) electrons. The molecule has 2 N–H and O–H groups in total. The van der Waals surface area contributed by atoms with Gasteiger partial charge in [-0.15, -0.1) is 0 Å². The Balaban J connectivity index is 2.94. The first-order chi connectivity index (χ1) is 9.29. The summed E-state index contributed by atoms with van der Waals surface area (Å²) in [6.45, 7) is 11.0. The molecule has 0 amide bonds. The second-order valence-corrected chi connectivity index (χ2v) is 6.56. The highest BCUT2D eigenvalue weighted by atomic mass is 16.5. The lowest BCUT2D eigenvalue weighted by Gasteiger charge is -2.34. The van der Waals surface area contributed by atoms with Crippen LogP contribution in [-0.4, -0.2) is 24.9 Å². The molecule has 20 heavy (non-hydrogen) atoms. The molecule has 114 valence electrons. The average Bonchev–Trinajstić information content (AvgIpc) is 2.37. The lowest BCUT2D eigenvalue weighted by Crippen LogP contribution is -2.42. The number of hydrogen-bond acceptors (Lipinski definition) is 3. The Labute approximate surface area is 123 Å². The summed E-state index contributed by atoms with van der Waals surface area (Å²) in [7, 11) is 1.70. The molecule has 0 aliphatic heterocycles. The van der Waals surface area contributed by atoms with E-state index in [2.05, 4.69) is 52.1 Å². The molecule has 0 aliphatic carbocycles.